The van der Waals surface area contributed by atoms with Gasteiger partial charge >= 0.3 is 0 Å². The zero-order valence-electron chi connectivity index (χ0n) is 10.8. The molecular formula is C15H16N2O2. The Hall–Kier alpha value is -2.10. The highest BCUT2D eigenvalue weighted by Crippen LogP contribution is 2.23. The fraction of sp³-hybridized carbons (Fsp3) is 0.333. The zero-order chi connectivity index (χ0) is 13.2. The first kappa shape index (κ1) is 12.0. The number of fused-ring (bicyclic) bond motifs is 1. The lowest BCUT2D eigenvalue weighted by Crippen LogP contribution is -2.23. The molecule has 0 saturated heterocycles. The standard InChI is InChI=1S/C15H16N2O2/c1-10-16-13-9-12(7-8-14(13)19-10)17-15(18)11-5-3-2-4-6-11/h2-3,7-9,11H,4-6H2,1H3,(H,17,18)/t11-/m0/s1. The number of aromatic nitrogens is 1. The van der Waals surface area contributed by atoms with Crippen LogP contribution in [0.5, 0.6) is 0 Å². The van der Waals surface area contributed by atoms with Crippen LogP contribution in [0.4, 0.5) is 5.69 Å². The van der Waals surface area contributed by atoms with Crippen LogP contribution in [0.15, 0.2) is 34.8 Å². The molecule has 0 radical (unpaired) electrons. The molecule has 1 aromatic carbocycles. The molecule has 0 spiro atoms. The third-order valence-electron chi connectivity index (χ3n) is 3.40. The van der Waals surface area contributed by atoms with E-state index in [0.717, 1.165) is 36.0 Å². The molecule has 4 nitrogen and oxygen atoms in total. The van der Waals surface area contributed by atoms with Crippen LogP contribution >= 0.6 is 0 Å². The van der Waals surface area contributed by atoms with Crippen molar-refractivity contribution < 1.29 is 9.21 Å². The average Bonchev–Trinajstić information content (AvgIpc) is 2.79. The molecule has 1 aromatic heterocycles. The Morgan fingerprint density at radius 1 is 1.42 bits per heavy atom. The van der Waals surface area contributed by atoms with Crippen LogP contribution in [0.1, 0.15) is 25.2 Å². The van der Waals surface area contributed by atoms with Crippen LogP contribution in [0.25, 0.3) is 11.1 Å². The minimum absolute atomic E-state index is 0.0831. The summed E-state index contributed by atoms with van der Waals surface area (Å²) in [5.74, 6) is 0.805. The molecule has 0 unspecified atom stereocenters. The Balaban J connectivity index is 1.76. The van der Waals surface area contributed by atoms with E-state index in [9.17, 15) is 4.79 Å². The molecule has 19 heavy (non-hydrogen) atoms. The van der Waals surface area contributed by atoms with Gasteiger partial charge < -0.3 is 9.73 Å². The van der Waals surface area contributed by atoms with E-state index < -0.39 is 0 Å². The summed E-state index contributed by atoms with van der Waals surface area (Å²) in [5, 5.41) is 2.96. The molecule has 1 aliphatic carbocycles. The van der Waals surface area contributed by atoms with Crippen molar-refractivity contribution in [2.45, 2.75) is 26.2 Å². The molecule has 0 fully saturated rings. The molecule has 4 heteroatoms. The second kappa shape index (κ2) is 4.88. The van der Waals surface area contributed by atoms with Crippen molar-refractivity contribution in [3.63, 3.8) is 0 Å². The highest BCUT2D eigenvalue weighted by molar-refractivity contribution is 5.94. The maximum atomic E-state index is 12.1. The van der Waals surface area contributed by atoms with Gasteiger partial charge in [-0.25, -0.2) is 4.98 Å². The van der Waals surface area contributed by atoms with Gasteiger partial charge in [0.15, 0.2) is 11.5 Å². The topological polar surface area (TPSA) is 55.1 Å². The summed E-state index contributed by atoms with van der Waals surface area (Å²) in [5.41, 5.74) is 2.30. The quantitative estimate of drug-likeness (QED) is 0.837. The number of amides is 1. The second-order valence-corrected chi connectivity index (χ2v) is 4.89. The number of rotatable bonds is 2. The highest BCUT2D eigenvalue weighted by atomic mass is 16.3. The van der Waals surface area contributed by atoms with Crippen molar-refractivity contribution in [2.24, 2.45) is 5.92 Å². The van der Waals surface area contributed by atoms with Crippen molar-refractivity contribution >= 4 is 22.7 Å². The van der Waals surface area contributed by atoms with Gasteiger partial charge in [0.1, 0.15) is 5.52 Å². The predicted molar refractivity (Wildman–Crippen MR) is 73.9 cm³/mol. The maximum Gasteiger partial charge on any atom is 0.227 e. The maximum absolute atomic E-state index is 12.1. The predicted octanol–water partition coefficient (Wildman–Crippen LogP) is 3.43. The average molecular weight is 256 g/mol. The van der Waals surface area contributed by atoms with Gasteiger partial charge in [-0.3, -0.25) is 4.79 Å². The lowest BCUT2D eigenvalue weighted by atomic mass is 9.93. The summed E-state index contributed by atoms with van der Waals surface area (Å²) in [6, 6.07) is 5.54. The van der Waals surface area contributed by atoms with Gasteiger partial charge in [-0.2, -0.15) is 0 Å². The third kappa shape index (κ3) is 2.52. The van der Waals surface area contributed by atoms with Crippen LogP contribution in [-0.4, -0.2) is 10.9 Å². The molecule has 1 atom stereocenters. The van der Waals surface area contributed by atoms with Gasteiger partial charge in [0, 0.05) is 18.5 Å². The van der Waals surface area contributed by atoms with Crippen molar-refractivity contribution in [3.8, 4) is 0 Å². The van der Waals surface area contributed by atoms with Crippen LogP contribution in [0.3, 0.4) is 0 Å². The van der Waals surface area contributed by atoms with E-state index in [1.54, 1.807) is 0 Å². The van der Waals surface area contributed by atoms with E-state index in [1.807, 2.05) is 25.1 Å². The molecule has 0 bridgehead atoms. The van der Waals surface area contributed by atoms with Crippen LogP contribution in [-0.2, 0) is 4.79 Å². The first-order valence-corrected chi connectivity index (χ1v) is 6.55. The Kier molecular flexibility index (Phi) is 3.07. The van der Waals surface area contributed by atoms with Gasteiger partial charge in [0.05, 0.1) is 0 Å². The number of oxazole rings is 1. The van der Waals surface area contributed by atoms with Crippen molar-refractivity contribution in [1.82, 2.24) is 4.98 Å². The summed E-state index contributed by atoms with van der Waals surface area (Å²) in [7, 11) is 0. The van der Waals surface area contributed by atoms with E-state index >= 15 is 0 Å². The molecular weight excluding hydrogens is 240 g/mol. The Morgan fingerprint density at radius 2 is 2.32 bits per heavy atom. The summed E-state index contributed by atoms with van der Waals surface area (Å²) < 4.78 is 5.41. The molecule has 2 aromatic rings. The van der Waals surface area contributed by atoms with Crippen molar-refractivity contribution in [2.75, 3.05) is 5.32 Å². The number of anilines is 1. The molecule has 1 heterocycles. The normalized spacial score (nSPS) is 18.7. The van der Waals surface area contributed by atoms with E-state index in [-0.39, 0.29) is 11.8 Å². The van der Waals surface area contributed by atoms with Gasteiger partial charge in [-0.15, -0.1) is 0 Å². The van der Waals surface area contributed by atoms with E-state index in [1.165, 1.54) is 0 Å². The van der Waals surface area contributed by atoms with E-state index in [4.69, 9.17) is 4.42 Å². The second-order valence-electron chi connectivity index (χ2n) is 4.89. The van der Waals surface area contributed by atoms with E-state index in [2.05, 4.69) is 22.5 Å². The Labute approximate surface area is 111 Å². The first-order chi connectivity index (χ1) is 9.22. The van der Waals surface area contributed by atoms with Crippen molar-refractivity contribution in [1.29, 1.82) is 0 Å². The number of nitrogens with one attached hydrogen (secondary N) is 1. The number of aryl methyl sites for hydroxylation is 1. The fourth-order valence-electron chi connectivity index (χ4n) is 2.40. The molecule has 3 rings (SSSR count). The fourth-order valence-corrected chi connectivity index (χ4v) is 2.40. The number of hydrogen-bond acceptors (Lipinski definition) is 3. The summed E-state index contributed by atoms with van der Waals surface area (Å²) in [6.45, 7) is 1.81. The van der Waals surface area contributed by atoms with E-state index in [0.29, 0.717) is 5.89 Å². The Morgan fingerprint density at radius 3 is 3.11 bits per heavy atom. The summed E-state index contributed by atoms with van der Waals surface area (Å²) >= 11 is 0. The minimum Gasteiger partial charge on any atom is -0.441 e. The molecule has 0 saturated carbocycles. The monoisotopic (exact) mass is 256 g/mol. The van der Waals surface area contributed by atoms with Crippen LogP contribution in [0, 0.1) is 12.8 Å². The smallest absolute Gasteiger partial charge is 0.227 e. The number of carbonyl (C=O) groups excluding carboxylic acids is 1. The van der Waals surface area contributed by atoms with Gasteiger partial charge in [0.2, 0.25) is 5.91 Å². The summed E-state index contributed by atoms with van der Waals surface area (Å²) in [6.07, 6.45) is 6.95. The summed E-state index contributed by atoms with van der Waals surface area (Å²) in [4.78, 5) is 16.4. The van der Waals surface area contributed by atoms with Gasteiger partial charge in [0.25, 0.3) is 0 Å². The molecule has 1 amide bonds. The van der Waals surface area contributed by atoms with Crippen LogP contribution < -0.4 is 5.32 Å². The number of nitrogens with zero attached hydrogens (tertiary/aromatic N) is 1. The number of benzene rings is 1. The number of carbonyl (C=O) groups is 1. The minimum atomic E-state index is 0.0831. The van der Waals surface area contributed by atoms with Gasteiger partial charge in [-0.1, -0.05) is 12.2 Å². The van der Waals surface area contributed by atoms with Gasteiger partial charge in [-0.05, 0) is 37.5 Å². The first-order valence-electron chi connectivity index (χ1n) is 6.55. The lowest BCUT2D eigenvalue weighted by molar-refractivity contribution is -0.120. The van der Waals surface area contributed by atoms with Crippen molar-refractivity contribution in [3.05, 3.63) is 36.2 Å². The SMILES string of the molecule is Cc1nc2cc(NC(=O)[C@H]3CC=CCC3)ccc2o1. The lowest BCUT2D eigenvalue weighted by Gasteiger charge is -2.17. The Bertz CT molecular complexity index is 643. The molecule has 0 aliphatic heterocycles. The molecule has 98 valence electrons. The molecule has 1 N–H and O–H groups in total. The third-order valence-corrected chi connectivity index (χ3v) is 3.40. The number of allylic oxidation sites excluding steroid dienone is 2. The van der Waals surface area contributed by atoms with Crippen LogP contribution in [0.2, 0.25) is 0 Å². The highest BCUT2D eigenvalue weighted by Gasteiger charge is 2.18. The largest absolute Gasteiger partial charge is 0.441 e. The number of hydrogen-bond donors (Lipinski definition) is 1. The molecule has 1 aliphatic rings. The zero-order valence-corrected chi connectivity index (χ0v) is 10.8.